The second-order valence-electron chi connectivity index (χ2n) is 2.89. The molecule has 0 saturated carbocycles. The van der Waals surface area contributed by atoms with Crippen LogP contribution in [0.5, 0.6) is 0 Å². The van der Waals surface area contributed by atoms with Crippen molar-refractivity contribution in [3.63, 3.8) is 0 Å². The van der Waals surface area contributed by atoms with Gasteiger partial charge >= 0.3 is 6.18 Å². The number of halogens is 3. The summed E-state index contributed by atoms with van der Waals surface area (Å²) in [5.74, 6) is 0. The summed E-state index contributed by atoms with van der Waals surface area (Å²) >= 11 is 0. The summed E-state index contributed by atoms with van der Waals surface area (Å²) in [4.78, 5) is 0. The van der Waals surface area contributed by atoms with Gasteiger partial charge in [0.15, 0.2) is 0 Å². The normalized spacial score (nSPS) is 17.8. The average molecular weight is 188 g/mol. The van der Waals surface area contributed by atoms with Crippen molar-refractivity contribution in [2.24, 2.45) is 0 Å². The van der Waals surface area contributed by atoms with Crippen molar-refractivity contribution in [2.45, 2.75) is 25.9 Å². The van der Waals surface area contributed by atoms with Gasteiger partial charge in [-0.15, -0.1) is 0 Å². The number of hydrogen-bond donors (Lipinski definition) is 0. The number of alkyl halides is 3. The van der Waals surface area contributed by atoms with Crippen LogP contribution in [0.4, 0.5) is 13.2 Å². The first-order chi connectivity index (χ1) is 6.04. The van der Waals surface area contributed by atoms with Gasteiger partial charge in [-0.1, -0.05) is 31.2 Å². The molecule has 0 saturated heterocycles. The first-order valence-corrected chi connectivity index (χ1v) is 4.17. The van der Waals surface area contributed by atoms with E-state index in [-0.39, 0.29) is 6.42 Å². The van der Waals surface area contributed by atoms with E-state index < -0.39 is 11.7 Å². The topological polar surface area (TPSA) is 0 Å². The van der Waals surface area contributed by atoms with Crippen LogP contribution in [0.1, 0.15) is 19.8 Å². The molecule has 3 heteroatoms. The fraction of sp³-hybridized carbons (Fsp3) is 0.400. The third-order valence-corrected chi connectivity index (χ3v) is 1.92. The van der Waals surface area contributed by atoms with Crippen LogP contribution in [0.2, 0.25) is 0 Å². The lowest BCUT2D eigenvalue weighted by Gasteiger charge is -2.09. The maximum atomic E-state index is 12.3. The van der Waals surface area contributed by atoms with E-state index in [1.165, 1.54) is 12.2 Å². The molecule has 0 atom stereocenters. The molecule has 0 N–H and O–H groups in total. The van der Waals surface area contributed by atoms with Crippen LogP contribution in [0.25, 0.3) is 0 Å². The molecular weight excluding hydrogens is 177 g/mol. The molecule has 13 heavy (non-hydrogen) atoms. The van der Waals surface area contributed by atoms with Crippen LogP contribution < -0.4 is 0 Å². The highest BCUT2D eigenvalue weighted by Gasteiger charge is 2.32. The Labute approximate surface area is 75.4 Å². The predicted molar refractivity (Wildman–Crippen MR) is 46.3 cm³/mol. The smallest absolute Gasteiger partial charge is 0.166 e. The van der Waals surface area contributed by atoms with Crippen LogP contribution in [0, 0.1) is 0 Å². The Morgan fingerprint density at radius 1 is 1.38 bits per heavy atom. The van der Waals surface area contributed by atoms with E-state index in [9.17, 15) is 13.2 Å². The monoisotopic (exact) mass is 188 g/mol. The molecule has 0 spiro atoms. The first-order valence-electron chi connectivity index (χ1n) is 4.17. The Balaban J connectivity index is 2.93. The van der Waals surface area contributed by atoms with Gasteiger partial charge < -0.3 is 0 Å². The summed E-state index contributed by atoms with van der Waals surface area (Å²) in [6.07, 6.45) is 2.57. The SMILES string of the molecule is CCC1=CC=CCC(C(F)(F)F)=C1. The summed E-state index contributed by atoms with van der Waals surface area (Å²) < 4.78 is 36.9. The molecule has 1 aliphatic rings. The Morgan fingerprint density at radius 2 is 2.08 bits per heavy atom. The number of hydrogen-bond acceptors (Lipinski definition) is 0. The summed E-state index contributed by atoms with van der Waals surface area (Å²) in [7, 11) is 0. The Bertz CT molecular complexity index is 266. The van der Waals surface area contributed by atoms with E-state index in [0.717, 1.165) is 5.57 Å². The molecule has 0 fully saturated rings. The van der Waals surface area contributed by atoms with Crippen LogP contribution in [0.3, 0.4) is 0 Å². The van der Waals surface area contributed by atoms with Gasteiger partial charge in [0.1, 0.15) is 0 Å². The van der Waals surface area contributed by atoms with Crippen LogP contribution in [0.15, 0.2) is 35.5 Å². The molecule has 0 radical (unpaired) electrons. The highest BCUT2D eigenvalue weighted by Crippen LogP contribution is 2.30. The molecule has 0 aromatic rings. The van der Waals surface area contributed by atoms with E-state index in [2.05, 4.69) is 0 Å². The molecule has 0 heterocycles. The second-order valence-corrected chi connectivity index (χ2v) is 2.89. The average Bonchev–Trinajstić information content (AvgIpc) is 2.27. The van der Waals surface area contributed by atoms with Gasteiger partial charge in [0.25, 0.3) is 0 Å². The zero-order valence-electron chi connectivity index (χ0n) is 7.36. The van der Waals surface area contributed by atoms with Crippen molar-refractivity contribution in [3.05, 3.63) is 35.5 Å². The molecule has 0 bridgehead atoms. The van der Waals surface area contributed by atoms with E-state index in [1.54, 1.807) is 12.2 Å². The summed E-state index contributed by atoms with van der Waals surface area (Å²) in [6, 6.07) is 0. The Kier molecular flexibility index (Phi) is 2.96. The molecule has 0 aliphatic heterocycles. The molecular formula is C10H11F3. The number of allylic oxidation sites excluding steroid dienone is 6. The second kappa shape index (κ2) is 3.81. The van der Waals surface area contributed by atoms with Gasteiger partial charge in [-0.2, -0.15) is 13.2 Å². The molecule has 1 rings (SSSR count). The molecule has 72 valence electrons. The minimum Gasteiger partial charge on any atom is -0.166 e. The number of rotatable bonds is 1. The van der Waals surface area contributed by atoms with Crippen molar-refractivity contribution in [1.29, 1.82) is 0 Å². The van der Waals surface area contributed by atoms with Crippen LogP contribution >= 0.6 is 0 Å². The highest BCUT2D eigenvalue weighted by molar-refractivity contribution is 5.33. The van der Waals surface area contributed by atoms with Crippen molar-refractivity contribution in [2.75, 3.05) is 0 Å². The summed E-state index contributed by atoms with van der Waals surface area (Å²) in [5.41, 5.74) is 0.260. The fourth-order valence-corrected chi connectivity index (χ4v) is 1.13. The maximum absolute atomic E-state index is 12.3. The maximum Gasteiger partial charge on any atom is 0.413 e. The van der Waals surface area contributed by atoms with Gasteiger partial charge in [-0.05, 0) is 18.4 Å². The van der Waals surface area contributed by atoms with E-state index in [0.29, 0.717) is 6.42 Å². The molecule has 0 aromatic carbocycles. The van der Waals surface area contributed by atoms with E-state index >= 15 is 0 Å². The van der Waals surface area contributed by atoms with Crippen molar-refractivity contribution < 1.29 is 13.2 Å². The fourth-order valence-electron chi connectivity index (χ4n) is 1.13. The highest BCUT2D eigenvalue weighted by atomic mass is 19.4. The lowest BCUT2D eigenvalue weighted by atomic mass is 10.1. The van der Waals surface area contributed by atoms with Gasteiger partial charge in [-0.25, -0.2) is 0 Å². The zero-order chi connectivity index (χ0) is 9.90. The van der Waals surface area contributed by atoms with Crippen LogP contribution in [-0.4, -0.2) is 6.18 Å². The molecule has 0 amide bonds. The molecule has 0 unspecified atom stereocenters. The molecule has 1 aliphatic carbocycles. The largest absolute Gasteiger partial charge is 0.413 e. The minimum atomic E-state index is -4.19. The standard InChI is InChI=1S/C10H11F3/c1-2-8-5-3-4-6-9(7-8)10(11,12)13/h3-5,7H,2,6H2,1H3. The van der Waals surface area contributed by atoms with Gasteiger partial charge in [-0.3, -0.25) is 0 Å². The third kappa shape index (κ3) is 2.76. The zero-order valence-corrected chi connectivity index (χ0v) is 7.36. The molecule has 0 aromatic heterocycles. The van der Waals surface area contributed by atoms with Gasteiger partial charge in [0, 0.05) is 5.57 Å². The van der Waals surface area contributed by atoms with E-state index in [1.807, 2.05) is 6.92 Å². The summed E-state index contributed by atoms with van der Waals surface area (Å²) in [6.45, 7) is 1.84. The van der Waals surface area contributed by atoms with Crippen molar-refractivity contribution >= 4 is 0 Å². The van der Waals surface area contributed by atoms with Crippen LogP contribution in [-0.2, 0) is 0 Å². The van der Waals surface area contributed by atoms with E-state index in [4.69, 9.17) is 0 Å². The lowest BCUT2D eigenvalue weighted by molar-refractivity contribution is -0.0929. The Hall–Kier alpha value is -0.990. The first kappa shape index (κ1) is 10.1. The quantitative estimate of drug-likeness (QED) is 0.587. The lowest BCUT2D eigenvalue weighted by Crippen LogP contribution is -2.11. The van der Waals surface area contributed by atoms with Gasteiger partial charge in [0.05, 0.1) is 0 Å². The van der Waals surface area contributed by atoms with Crippen molar-refractivity contribution in [3.8, 4) is 0 Å². The minimum absolute atomic E-state index is 0.0243. The predicted octanol–water partition coefficient (Wildman–Crippen LogP) is 3.77. The Morgan fingerprint density at radius 3 is 2.62 bits per heavy atom. The van der Waals surface area contributed by atoms with Crippen molar-refractivity contribution in [1.82, 2.24) is 0 Å². The molecule has 0 nitrogen and oxygen atoms in total. The third-order valence-electron chi connectivity index (χ3n) is 1.92. The summed E-state index contributed by atoms with van der Waals surface area (Å²) in [5, 5.41) is 0. The van der Waals surface area contributed by atoms with Gasteiger partial charge in [0.2, 0.25) is 0 Å².